The maximum atomic E-state index is 12.6. The molecule has 1 fully saturated rings. The minimum atomic E-state index is -0.369. The zero-order valence-electron chi connectivity index (χ0n) is 12.9. The standard InChI is InChI=1S/C17H20N2O3/c1-11-6-5-7-12(2)19(11)15(20)10-18-16(21)13-8-3-4-9-14(13)17(18)22/h3-4,8-9,11-12H,5-7,10H2,1-2H3/t11-,12-/m1/s1. The number of benzene rings is 1. The van der Waals surface area contributed by atoms with E-state index in [0.717, 1.165) is 24.2 Å². The molecular formula is C17H20N2O3. The molecule has 2 heterocycles. The Hall–Kier alpha value is -2.17. The van der Waals surface area contributed by atoms with Gasteiger partial charge in [-0.05, 0) is 45.2 Å². The van der Waals surface area contributed by atoms with Crippen LogP contribution in [0, 0.1) is 0 Å². The van der Waals surface area contributed by atoms with Crippen molar-refractivity contribution in [3.05, 3.63) is 35.4 Å². The van der Waals surface area contributed by atoms with Crippen LogP contribution in [0.2, 0.25) is 0 Å². The minimum Gasteiger partial charge on any atom is -0.336 e. The third-order valence-corrected chi connectivity index (χ3v) is 4.65. The zero-order valence-corrected chi connectivity index (χ0v) is 12.9. The molecule has 0 N–H and O–H groups in total. The van der Waals surface area contributed by atoms with E-state index >= 15 is 0 Å². The number of nitrogens with zero attached hydrogens (tertiary/aromatic N) is 2. The van der Waals surface area contributed by atoms with Crippen molar-refractivity contribution in [3.8, 4) is 0 Å². The first-order valence-corrected chi connectivity index (χ1v) is 7.77. The summed E-state index contributed by atoms with van der Waals surface area (Å²) in [6.07, 6.45) is 3.05. The number of carbonyl (C=O) groups excluding carboxylic acids is 3. The summed E-state index contributed by atoms with van der Waals surface area (Å²) in [7, 11) is 0. The SMILES string of the molecule is C[C@@H]1CCC[C@@H](C)N1C(=O)CN1C(=O)c2ccccc2C1=O. The fourth-order valence-corrected chi connectivity index (χ4v) is 3.51. The molecule has 0 aliphatic carbocycles. The molecule has 0 aromatic heterocycles. The van der Waals surface area contributed by atoms with Gasteiger partial charge in [0.25, 0.3) is 11.8 Å². The third-order valence-electron chi connectivity index (χ3n) is 4.65. The van der Waals surface area contributed by atoms with Gasteiger partial charge in [-0.25, -0.2) is 0 Å². The first kappa shape index (κ1) is 14.8. The summed E-state index contributed by atoms with van der Waals surface area (Å²) >= 11 is 0. The van der Waals surface area contributed by atoms with Crippen LogP contribution < -0.4 is 0 Å². The summed E-state index contributed by atoms with van der Waals surface area (Å²) in [4.78, 5) is 40.1. The summed E-state index contributed by atoms with van der Waals surface area (Å²) in [6, 6.07) is 7.03. The molecule has 0 saturated carbocycles. The van der Waals surface area contributed by atoms with Crippen molar-refractivity contribution in [1.82, 2.24) is 9.80 Å². The van der Waals surface area contributed by atoms with E-state index in [1.165, 1.54) is 0 Å². The first-order chi connectivity index (χ1) is 10.5. The van der Waals surface area contributed by atoms with Crippen LogP contribution in [0.5, 0.6) is 0 Å². The molecule has 2 atom stereocenters. The number of carbonyl (C=O) groups is 3. The highest BCUT2D eigenvalue weighted by Gasteiger charge is 2.38. The summed E-state index contributed by atoms with van der Waals surface area (Å²) in [5.74, 6) is -0.883. The molecule has 1 saturated heterocycles. The van der Waals surface area contributed by atoms with Crippen LogP contribution in [0.4, 0.5) is 0 Å². The van der Waals surface area contributed by atoms with Crippen LogP contribution in [0.25, 0.3) is 0 Å². The molecule has 0 radical (unpaired) electrons. The Bertz CT molecular complexity index is 596. The van der Waals surface area contributed by atoms with Crippen molar-refractivity contribution in [2.24, 2.45) is 0 Å². The van der Waals surface area contributed by atoms with Crippen molar-refractivity contribution < 1.29 is 14.4 Å². The Balaban J connectivity index is 1.78. The second kappa shape index (κ2) is 5.55. The monoisotopic (exact) mass is 300 g/mol. The Morgan fingerprint density at radius 1 is 1.05 bits per heavy atom. The van der Waals surface area contributed by atoms with Gasteiger partial charge in [0.2, 0.25) is 5.91 Å². The van der Waals surface area contributed by atoms with Crippen LogP contribution in [-0.2, 0) is 4.79 Å². The lowest BCUT2D eigenvalue weighted by molar-refractivity contribution is -0.137. The van der Waals surface area contributed by atoms with Gasteiger partial charge in [-0.2, -0.15) is 0 Å². The highest BCUT2D eigenvalue weighted by Crippen LogP contribution is 2.25. The van der Waals surface area contributed by atoms with Crippen molar-refractivity contribution in [3.63, 3.8) is 0 Å². The number of likely N-dealkylation sites (tertiary alicyclic amines) is 1. The number of amides is 3. The van der Waals surface area contributed by atoms with E-state index in [2.05, 4.69) is 0 Å². The van der Waals surface area contributed by atoms with E-state index in [9.17, 15) is 14.4 Å². The van der Waals surface area contributed by atoms with Gasteiger partial charge >= 0.3 is 0 Å². The van der Waals surface area contributed by atoms with E-state index in [0.29, 0.717) is 11.1 Å². The van der Waals surface area contributed by atoms with Gasteiger partial charge in [0.15, 0.2) is 0 Å². The molecule has 2 aliphatic heterocycles. The lowest BCUT2D eigenvalue weighted by atomic mass is 9.97. The van der Waals surface area contributed by atoms with Gasteiger partial charge in [0, 0.05) is 12.1 Å². The molecule has 116 valence electrons. The van der Waals surface area contributed by atoms with Crippen molar-refractivity contribution in [2.75, 3.05) is 6.54 Å². The molecule has 3 rings (SSSR count). The molecule has 0 spiro atoms. The average molecular weight is 300 g/mol. The van der Waals surface area contributed by atoms with Gasteiger partial charge in [0.1, 0.15) is 6.54 Å². The van der Waals surface area contributed by atoms with Crippen LogP contribution in [0.15, 0.2) is 24.3 Å². The van der Waals surface area contributed by atoms with Crippen LogP contribution in [0.1, 0.15) is 53.8 Å². The smallest absolute Gasteiger partial charge is 0.262 e. The average Bonchev–Trinajstić information content (AvgIpc) is 2.73. The fraction of sp³-hybridized carbons (Fsp3) is 0.471. The largest absolute Gasteiger partial charge is 0.336 e. The molecule has 5 nitrogen and oxygen atoms in total. The van der Waals surface area contributed by atoms with E-state index in [4.69, 9.17) is 0 Å². The van der Waals surface area contributed by atoms with E-state index < -0.39 is 0 Å². The highest BCUT2D eigenvalue weighted by atomic mass is 16.2. The van der Waals surface area contributed by atoms with E-state index in [1.807, 2.05) is 18.7 Å². The number of fused-ring (bicyclic) bond motifs is 1. The number of piperidine rings is 1. The lowest BCUT2D eigenvalue weighted by Gasteiger charge is -2.39. The Labute approximate surface area is 129 Å². The van der Waals surface area contributed by atoms with Gasteiger partial charge < -0.3 is 4.90 Å². The number of hydrogen-bond donors (Lipinski definition) is 0. The van der Waals surface area contributed by atoms with Crippen LogP contribution in [-0.4, -0.2) is 46.1 Å². The number of hydrogen-bond acceptors (Lipinski definition) is 3. The predicted octanol–water partition coefficient (Wildman–Crippen LogP) is 2.07. The summed E-state index contributed by atoms with van der Waals surface area (Å²) in [5.41, 5.74) is 0.778. The molecular weight excluding hydrogens is 280 g/mol. The molecule has 22 heavy (non-hydrogen) atoms. The third kappa shape index (κ3) is 2.30. The zero-order chi connectivity index (χ0) is 15.9. The summed E-state index contributed by atoms with van der Waals surface area (Å²) in [5, 5.41) is 0. The second-order valence-electron chi connectivity index (χ2n) is 6.17. The lowest BCUT2D eigenvalue weighted by Crippen LogP contribution is -2.51. The second-order valence-corrected chi connectivity index (χ2v) is 6.17. The normalized spacial score (nSPS) is 24.6. The Morgan fingerprint density at radius 2 is 1.55 bits per heavy atom. The first-order valence-electron chi connectivity index (χ1n) is 7.77. The van der Waals surface area contributed by atoms with Gasteiger partial charge in [-0.3, -0.25) is 19.3 Å². The molecule has 3 amide bonds. The van der Waals surface area contributed by atoms with Gasteiger partial charge in [-0.1, -0.05) is 12.1 Å². The number of imide groups is 1. The van der Waals surface area contributed by atoms with Gasteiger partial charge in [0.05, 0.1) is 11.1 Å². The summed E-state index contributed by atoms with van der Waals surface area (Å²) < 4.78 is 0. The maximum absolute atomic E-state index is 12.6. The van der Waals surface area contributed by atoms with Crippen LogP contribution in [0.3, 0.4) is 0 Å². The maximum Gasteiger partial charge on any atom is 0.262 e. The van der Waals surface area contributed by atoms with Crippen molar-refractivity contribution >= 4 is 17.7 Å². The number of rotatable bonds is 2. The fourth-order valence-electron chi connectivity index (χ4n) is 3.51. The van der Waals surface area contributed by atoms with Crippen molar-refractivity contribution in [1.29, 1.82) is 0 Å². The van der Waals surface area contributed by atoms with Crippen LogP contribution >= 0.6 is 0 Å². The molecule has 1 aromatic rings. The topological polar surface area (TPSA) is 57.7 Å². The molecule has 1 aromatic carbocycles. The van der Waals surface area contributed by atoms with E-state index in [-0.39, 0.29) is 36.3 Å². The van der Waals surface area contributed by atoms with E-state index in [1.54, 1.807) is 24.3 Å². The predicted molar refractivity (Wildman–Crippen MR) is 81.4 cm³/mol. The summed E-state index contributed by atoms with van der Waals surface area (Å²) in [6.45, 7) is 3.88. The minimum absolute atomic E-state index is 0.144. The van der Waals surface area contributed by atoms with Crippen molar-refractivity contribution in [2.45, 2.75) is 45.2 Å². The quantitative estimate of drug-likeness (QED) is 0.786. The van der Waals surface area contributed by atoms with Gasteiger partial charge in [-0.15, -0.1) is 0 Å². The molecule has 2 aliphatic rings. The molecule has 0 bridgehead atoms. The highest BCUT2D eigenvalue weighted by molar-refractivity contribution is 6.22. The molecule has 5 heteroatoms. The Morgan fingerprint density at radius 3 is 2.05 bits per heavy atom. The Kier molecular flexibility index (Phi) is 3.72. The molecule has 0 unspecified atom stereocenters.